The van der Waals surface area contributed by atoms with Gasteiger partial charge in [0.1, 0.15) is 17.5 Å². The topological polar surface area (TPSA) is 93.7 Å². The van der Waals surface area contributed by atoms with Crippen molar-refractivity contribution in [3.8, 4) is 11.5 Å². The maximum Gasteiger partial charge on any atom is 0.242 e. The first-order valence-corrected chi connectivity index (χ1v) is 12.7. The third-order valence-corrected chi connectivity index (χ3v) is 6.61. The van der Waals surface area contributed by atoms with Crippen LogP contribution in [0.3, 0.4) is 0 Å². The zero-order valence-electron chi connectivity index (χ0n) is 19.0. The Kier molecular flexibility index (Phi) is 8.92. The minimum atomic E-state index is -4.06. The highest BCUT2D eigenvalue weighted by Gasteiger charge is 2.27. The monoisotopic (exact) mass is 502 g/mol. The Morgan fingerprint density at radius 2 is 1.62 bits per heavy atom. The molecule has 0 spiro atoms. The van der Waals surface area contributed by atoms with Gasteiger partial charge in [-0.25, -0.2) is 8.42 Å². The molecule has 180 valence electrons. The molecule has 3 aromatic carbocycles. The van der Waals surface area contributed by atoms with Gasteiger partial charge in [0.2, 0.25) is 15.9 Å². The molecule has 0 aliphatic heterocycles. The van der Waals surface area contributed by atoms with E-state index in [2.05, 4.69) is 10.0 Å². The molecule has 2 N–H and O–H groups in total. The summed E-state index contributed by atoms with van der Waals surface area (Å²) in [5.41, 5.74) is 1.33. The summed E-state index contributed by atoms with van der Waals surface area (Å²) in [6.45, 7) is 4.62. The van der Waals surface area contributed by atoms with Gasteiger partial charge in [0.15, 0.2) is 0 Å². The average Bonchev–Trinajstić information content (AvgIpc) is 2.82. The number of ether oxygens (including phenoxy) is 2. The van der Waals surface area contributed by atoms with Crippen molar-refractivity contribution in [1.29, 1.82) is 0 Å². The van der Waals surface area contributed by atoms with Crippen LogP contribution in [-0.4, -0.2) is 33.6 Å². The van der Waals surface area contributed by atoms with E-state index in [-0.39, 0.29) is 16.3 Å². The quantitative estimate of drug-likeness (QED) is 0.397. The largest absolute Gasteiger partial charge is 0.494 e. The van der Waals surface area contributed by atoms with E-state index in [1.54, 1.807) is 31.2 Å². The molecule has 0 aliphatic carbocycles. The van der Waals surface area contributed by atoms with E-state index in [1.165, 1.54) is 18.2 Å². The standard InChI is InChI=1S/C25H27ClN2O5S/c1-3-32-20-12-10-19(11-13-20)27-25(29)23(16-18-8-6-5-7-9-18)28-34(30,31)21-14-15-24(33-4-2)22(26)17-21/h5-15,17,23,28H,3-4,16H2,1-2H3,(H,27,29). The molecule has 1 unspecified atom stereocenters. The van der Waals surface area contributed by atoms with Crippen LogP contribution in [0.15, 0.2) is 77.7 Å². The lowest BCUT2D eigenvalue weighted by atomic mass is 10.1. The molecule has 3 rings (SSSR count). The van der Waals surface area contributed by atoms with Crippen LogP contribution >= 0.6 is 11.6 Å². The number of carbonyl (C=O) groups excluding carboxylic acids is 1. The second-order valence-electron chi connectivity index (χ2n) is 7.34. The van der Waals surface area contributed by atoms with Gasteiger partial charge in [0.05, 0.1) is 23.1 Å². The number of sulfonamides is 1. The third-order valence-electron chi connectivity index (χ3n) is 4.84. The Balaban J connectivity index is 1.83. The fraction of sp³-hybridized carbons (Fsp3) is 0.240. The summed E-state index contributed by atoms with van der Waals surface area (Å²) in [5, 5.41) is 2.94. The van der Waals surface area contributed by atoms with E-state index >= 15 is 0 Å². The molecule has 0 radical (unpaired) electrons. The highest BCUT2D eigenvalue weighted by molar-refractivity contribution is 7.89. The molecular weight excluding hydrogens is 476 g/mol. The molecule has 0 saturated carbocycles. The Morgan fingerprint density at radius 3 is 2.24 bits per heavy atom. The first kappa shape index (κ1) is 25.6. The number of anilines is 1. The maximum atomic E-state index is 13.1. The van der Waals surface area contributed by atoms with Crippen molar-refractivity contribution in [2.24, 2.45) is 0 Å². The smallest absolute Gasteiger partial charge is 0.242 e. The minimum absolute atomic E-state index is 0.0621. The summed E-state index contributed by atoms with van der Waals surface area (Å²) >= 11 is 6.18. The zero-order chi connectivity index (χ0) is 24.6. The molecule has 0 bridgehead atoms. The highest BCUT2D eigenvalue weighted by Crippen LogP contribution is 2.27. The van der Waals surface area contributed by atoms with E-state index in [0.29, 0.717) is 30.4 Å². The van der Waals surface area contributed by atoms with Crippen molar-refractivity contribution < 1.29 is 22.7 Å². The van der Waals surface area contributed by atoms with Crippen LogP contribution in [0.4, 0.5) is 5.69 Å². The van der Waals surface area contributed by atoms with Gasteiger partial charge in [-0.15, -0.1) is 0 Å². The van der Waals surface area contributed by atoms with Gasteiger partial charge >= 0.3 is 0 Å². The first-order valence-electron chi connectivity index (χ1n) is 10.8. The van der Waals surface area contributed by atoms with Crippen molar-refractivity contribution >= 4 is 33.2 Å². The van der Waals surface area contributed by atoms with Gasteiger partial charge in [0, 0.05) is 5.69 Å². The molecule has 0 saturated heterocycles. The van der Waals surface area contributed by atoms with Gasteiger partial charge in [-0.05, 0) is 68.3 Å². The van der Waals surface area contributed by atoms with Gasteiger partial charge in [-0.3, -0.25) is 4.79 Å². The maximum absolute atomic E-state index is 13.1. The lowest BCUT2D eigenvalue weighted by Crippen LogP contribution is -2.45. The van der Waals surface area contributed by atoms with Gasteiger partial charge in [0.25, 0.3) is 0 Å². The number of rotatable bonds is 11. The van der Waals surface area contributed by atoms with Crippen molar-refractivity contribution in [3.63, 3.8) is 0 Å². The van der Waals surface area contributed by atoms with Crippen molar-refractivity contribution in [1.82, 2.24) is 4.72 Å². The molecule has 0 heterocycles. The molecule has 34 heavy (non-hydrogen) atoms. The molecule has 9 heteroatoms. The van der Waals surface area contributed by atoms with E-state index < -0.39 is 22.0 Å². The SMILES string of the molecule is CCOc1ccc(NC(=O)C(Cc2ccccc2)NS(=O)(=O)c2ccc(OCC)c(Cl)c2)cc1. The Hall–Kier alpha value is -3.07. The highest BCUT2D eigenvalue weighted by atomic mass is 35.5. The molecule has 3 aromatic rings. The van der Waals surface area contributed by atoms with Crippen LogP contribution in [0.25, 0.3) is 0 Å². The second-order valence-corrected chi connectivity index (χ2v) is 9.46. The Bertz CT molecular complexity index is 1200. The molecule has 0 aromatic heterocycles. The Morgan fingerprint density at radius 1 is 0.941 bits per heavy atom. The molecular formula is C25H27ClN2O5S. The summed E-state index contributed by atoms with van der Waals surface area (Å²) in [5.74, 6) is 0.570. The summed E-state index contributed by atoms with van der Waals surface area (Å²) in [6.07, 6.45) is 0.160. The zero-order valence-corrected chi connectivity index (χ0v) is 20.5. The normalized spacial score (nSPS) is 12.1. The van der Waals surface area contributed by atoms with E-state index in [1.807, 2.05) is 37.3 Å². The summed E-state index contributed by atoms with van der Waals surface area (Å²) in [7, 11) is -4.06. The molecule has 7 nitrogen and oxygen atoms in total. The average molecular weight is 503 g/mol. The van der Waals surface area contributed by atoms with E-state index in [0.717, 1.165) is 5.56 Å². The fourth-order valence-electron chi connectivity index (χ4n) is 3.24. The van der Waals surface area contributed by atoms with Gasteiger partial charge < -0.3 is 14.8 Å². The summed E-state index contributed by atoms with van der Waals surface area (Å²) in [4.78, 5) is 13.1. The van der Waals surface area contributed by atoms with Crippen LogP contribution in [0, 0.1) is 0 Å². The molecule has 0 aliphatic rings. The number of carbonyl (C=O) groups is 1. The van der Waals surface area contributed by atoms with Crippen LogP contribution in [-0.2, 0) is 21.2 Å². The lowest BCUT2D eigenvalue weighted by molar-refractivity contribution is -0.117. The van der Waals surface area contributed by atoms with Crippen molar-refractivity contribution in [2.45, 2.75) is 31.2 Å². The number of benzene rings is 3. The predicted molar refractivity (Wildman–Crippen MR) is 133 cm³/mol. The fourth-order valence-corrected chi connectivity index (χ4v) is 4.77. The molecule has 1 atom stereocenters. The van der Waals surface area contributed by atoms with Crippen LogP contribution in [0.2, 0.25) is 5.02 Å². The van der Waals surface area contributed by atoms with Crippen molar-refractivity contribution in [2.75, 3.05) is 18.5 Å². The lowest BCUT2D eigenvalue weighted by Gasteiger charge is -2.19. The second kappa shape index (κ2) is 11.9. The number of halogens is 1. The van der Waals surface area contributed by atoms with Crippen LogP contribution in [0.1, 0.15) is 19.4 Å². The number of hydrogen-bond donors (Lipinski definition) is 2. The first-order chi connectivity index (χ1) is 16.3. The molecule has 1 amide bonds. The molecule has 0 fully saturated rings. The predicted octanol–water partition coefficient (Wildman–Crippen LogP) is 4.67. The Labute approximate surface area is 205 Å². The number of nitrogens with one attached hydrogen (secondary N) is 2. The number of hydrogen-bond acceptors (Lipinski definition) is 5. The van der Waals surface area contributed by atoms with Gasteiger partial charge in [-0.1, -0.05) is 41.9 Å². The van der Waals surface area contributed by atoms with E-state index in [4.69, 9.17) is 21.1 Å². The minimum Gasteiger partial charge on any atom is -0.494 e. The van der Waals surface area contributed by atoms with Crippen molar-refractivity contribution in [3.05, 3.63) is 83.4 Å². The van der Waals surface area contributed by atoms with Crippen LogP contribution in [0.5, 0.6) is 11.5 Å². The summed E-state index contributed by atoms with van der Waals surface area (Å²) < 4.78 is 39.6. The summed E-state index contributed by atoms with van der Waals surface area (Å²) in [6, 6.07) is 19.2. The van der Waals surface area contributed by atoms with Gasteiger partial charge in [-0.2, -0.15) is 4.72 Å². The third kappa shape index (κ3) is 6.96. The van der Waals surface area contributed by atoms with E-state index in [9.17, 15) is 13.2 Å². The number of amides is 1. The van der Waals surface area contributed by atoms with Crippen LogP contribution < -0.4 is 19.5 Å².